The van der Waals surface area contributed by atoms with E-state index in [0.29, 0.717) is 21.9 Å². The standard InChI is InChI=1S/C24H21N3O3S/c1-15-18(11-12-19(25-15)16-7-3-2-4-8-16)23(29)30-14-17-13-22(28)27-20-9-5-6-10-21(20)31-24(27)26-17/h2-4,7-8,11-13H,5-6,9-10,14H2,1H3. The summed E-state index contributed by atoms with van der Waals surface area (Å²) in [6, 6.07) is 14.8. The van der Waals surface area contributed by atoms with Crippen LogP contribution in [0.3, 0.4) is 0 Å². The number of esters is 1. The van der Waals surface area contributed by atoms with Crippen LogP contribution in [0.5, 0.6) is 0 Å². The minimum atomic E-state index is -0.475. The average Bonchev–Trinajstić information content (AvgIpc) is 3.17. The van der Waals surface area contributed by atoms with E-state index in [1.54, 1.807) is 28.7 Å². The Morgan fingerprint density at radius 3 is 2.71 bits per heavy atom. The van der Waals surface area contributed by atoms with Crippen LogP contribution >= 0.6 is 11.3 Å². The van der Waals surface area contributed by atoms with Crippen LogP contribution in [0, 0.1) is 6.92 Å². The predicted octanol–water partition coefficient (Wildman–Crippen LogP) is 4.36. The fourth-order valence-corrected chi connectivity index (χ4v) is 5.21. The second kappa shape index (κ2) is 8.07. The van der Waals surface area contributed by atoms with Crippen LogP contribution in [0.4, 0.5) is 0 Å². The molecule has 3 aromatic heterocycles. The fourth-order valence-electron chi connectivity index (χ4n) is 3.98. The molecule has 4 aromatic rings. The number of aromatic nitrogens is 3. The Morgan fingerprint density at radius 1 is 1.10 bits per heavy atom. The molecule has 0 aliphatic heterocycles. The lowest BCUT2D eigenvalue weighted by Gasteiger charge is -2.10. The second-order valence-corrected chi connectivity index (χ2v) is 8.72. The lowest BCUT2D eigenvalue weighted by Crippen LogP contribution is -2.18. The first-order chi connectivity index (χ1) is 15.1. The molecule has 0 saturated heterocycles. The highest BCUT2D eigenvalue weighted by Crippen LogP contribution is 2.28. The van der Waals surface area contributed by atoms with Crippen LogP contribution in [0.15, 0.2) is 53.3 Å². The van der Waals surface area contributed by atoms with E-state index in [9.17, 15) is 9.59 Å². The third kappa shape index (κ3) is 3.77. The Labute approximate surface area is 183 Å². The summed E-state index contributed by atoms with van der Waals surface area (Å²) in [4.78, 5) is 36.3. The zero-order chi connectivity index (χ0) is 21.4. The van der Waals surface area contributed by atoms with E-state index in [2.05, 4.69) is 9.97 Å². The first-order valence-corrected chi connectivity index (χ1v) is 11.2. The molecule has 0 fully saturated rings. The molecule has 31 heavy (non-hydrogen) atoms. The van der Waals surface area contributed by atoms with Crippen molar-refractivity contribution in [3.8, 4) is 11.3 Å². The predicted molar refractivity (Wildman–Crippen MR) is 120 cm³/mol. The van der Waals surface area contributed by atoms with Crippen molar-refractivity contribution in [1.82, 2.24) is 14.4 Å². The van der Waals surface area contributed by atoms with Gasteiger partial charge < -0.3 is 4.74 Å². The maximum atomic E-state index is 12.7. The molecule has 0 spiro atoms. The SMILES string of the molecule is Cc1nc(-c2ccccc2)ccc1C(=O)OCc1cc(=O)n2c3c(sc2n1)CCCC3. The van der Waals surface area contributed by atoms with Crippen molar-refractivity contribution in [2.75, 3.05) is 0 Å². The Balaban J connectivity index is 1.35. The minimum Gasteiger partial charge on any atom is -0.456 e. The number of benzene rings is 1. The summed E-state index contributed by atoms with van der Waals surface area (Å²) in [6.45, 7) is 1.74. The average molecular weight is 432 g/mol. The maximum Gasteiger partial charge on any atom is 0.340 e. The number of fused-ring (bicyclic) bond motifs is 3. The monoisotopic (exact) mass is 431 g/mol. The summed E-state index contributed by atoms with van der Waals surface area (Å²) < 4.78 is 7.17. The van der Waals surface area contributed by atoms with Gasteiger partial charge in [-0.1, -0.05) is 30.3 Å². The number of ether oxygens (including phenoxy) is 1. The second-order valence-electron chi connectivity index (χ2n) is 7.65. The van der Waals surface area contributed by atoms with E-state index in [1.807, 2.05) is 36.4 Å². The number of carbonyl (C=O) groups excluding carboxylic acids is 1. The van der Waals surface area contributed by atoms with Crippen molar-refractivity contribution in [1.29, 1.82) is 0 Å². The van der Waals surface area contributed by atoms with E-state index in [1.165, 1.54) is 10.9 Å². The summed E-state index contributed by atoms with van der Waals surface area (Å²) in [7, 11) is 0. The Morgan fingerprint density at radius 2 is 1.90 bits per heavy atom. The smallest absolute Gasteiger partial charge is 0.340 e. The third-order valence-corrected chi connectivity index (χ3v) is 6.68. The van der Waals surface area contributed by atoms with Crippen molar-refractivity contribution in [2.24, 2.45) is 0 Å². The van der Waals surface area contributed by atoms with Gasteiger partial charge in [-0.25, -0.2) is 9.78 Å². The topological polar surface area (TPSA) is 73.6 Å². The van der Waals surface area contributed by atoms with Gasteiger partial charge in [-0.2, -0.15) is 0 Å². The largest absolute Gasteiger partial charge is 0.456 e. The Kier molecular flexibility index (Phi) is 5.11. The van der Waals surface area contributed by atoms with Crippen LogP contribution in [0.25, 0.3) is 16.2 Å². The molecule has 1 aliphatic carbocycles. The lowest BCUT2D eigenvalue weighted by atomic mass is 10.0. The highest BCUT2D eigenvalue weighted by Gasteiger charge is 2.19. The van der Waals surface area contributed by atoms with E-state index in [4.69, 9.17) is 4.74 Å². The summed E-state index contributed by atoms with van der Waals surface area (Å²) >= 11 is 1.56. The van der Waals surface area contributed by atoms with Crippen molar-refractivity contribution >= 4 is 22.3 Å². The summed E-state index contributed by atoms with van der Waals surface area (Å²) in [6.07, 6.45) is 4.16. The molecule has 3 heterocycles. The molecule has 0 amide bonds. The molecular formula is C24H21N3O3S. The number of nitrogens with zero attached hydrogens (tertiary/aromatic N) is 3. The molecule has 1 aromatic carbocycles. The van der Waals surface area contributed by atoms with Gasteiger partial charge in [0.1, 0.15) is 6.61 Å². The number of thiazole rings is 1. The number of carbonyl (C=O) groups is 1. The quantitative estimate of drug-likeness (QED) is 0.449. The van der Waals surface area contributed by atoms with Crippen LogP contribution in [-0.4, -0.2) is 20.3 Å². The number of rotatable bonds is 4. The zero-order valence-electron chi connectivity index (χ0n) is 17.1. The molecule has 156 valence electrons. The van der Waals surface area contributed by atoms with E-state index >= 15 is 0 Å². The molecule has 0 radical (unpaired) electrons. The number of pyridine rings is 1. The summed E-state index contributed by atoms with van der Waals surface area (Å²) in [5.74, 6) is -0.475. The van der Waals surface area contributed by atoms with E-state index in [0.717, 1.165) is 42.6 Å². The van der Waals surface area contributed by atoms with Crippen LogP contribution in [-0.2, 0) is 24.2 Å². The van der Waals surface area contributed by atoms with Gasteiger partial charge in [0.15, 0.2) is 4.96 Å². The van der Waals surface area contributed by atoms with Gasteiger partial charge in [0, 0.05) is 22.2 Å². The molecule has 6 nitrogen and oxygen atoms in total. The van der Waals surface area contributed by atoms with Gasteiger partial charge in [0.25, 0.3) is 5.56 Å². The molecule has 0 bridgehead atoms. The molecule has 1 aliphatic rings. The minimum absolute atomic E-state index is 0.0486. The van der Waals surface area contributed by atoms with Gasteiger partial charge in [-0.05, 0) is 44.7 Å². The van der Waals surface area contributed by atoms with Gasteiger partial charge >= 0.3 is 5.97 Å². The number of hydrogen-bond acceptors (Lipinski definition) is 6. The van der Waals surface area contributed by atoms with Gasteiger partial charge in [-0.15, -0.1) is 11.3 Å². The molecule has 0 saturated carbocycles. The fraction of sp³-hybridized carbons (Fsp3) is 0.250. The Bertz CT molecular complexity index is 1340. The van der Waals surface area contributed by atoms with Gasteiger partial charge in [-0.3, -0.25) is 14.2 Å². The number of hydrogen-bond donors (Lipinski definition) is 0. The normalized spacial score (nSPS) is 13.2. The van der Waals surface area contributed by atoms with E-state index in [-0.39, 0.29) is 12.2 Å². The lowest BCUT2D eigenvalue weighted by molar-refractivity contribution is 0.0466. The molecule has 0 unspecified atom stereocenters. The highest BCUT2D eigenvalue weighted by molar-refractivity contribution is 7.17. The molecular weight excluding hydrogens is 410 g/mol. The Hall–Kier alpha value is -3.32. The summed E-state index contributed by atoms with van der Waals surface area (Å²) in [5.41, 5.74) is 4.24. The van der Waals surface area contributed by atoms with Crippen molar-refractivity contribution in [2.45, 2.75) is 39.2 Å². The molecule has 0 N–H and O–H groups in total. The third-order valence-electron chi connectivity index (χ3n) is 5.54. The summed E-state index contributed by atoms with van der Waals surface area (Å²) in [5, 5.41) is 0. The van der Waals surface area contributed by atoms with Crippen molar-refractivity contribution in [3.63, 3.8) is 0 Å². The van der Waals surface area contributed by atoms with Crippen molar-refractivity contribution in [3.05, 3.63) is 86.4 Å². The zero-order valence-corrected chi connectivity index (χ0v) is 17.9. The van der Waals surface area contributed by atoms with Crippen molar-refractivity contribution < 1.29 is 9.53 Å². The first-order valence-electron chi connectivity index (χ1n) is 10.3. The molecule has 0 atom stereocenters. The first kappa shape index (κ1) is 19.6. The highest BCUT2D eigenvalue weighted by atomic mass is 32.1. The van der Waals surface area contributed by atoms with Crippen LogP contribution < -0.4 is 5.56 Å². The maximum absolute atomic E-state index is 12.7. The van der Waals surface area contributed by atoms with Gasteiger partial charge in [0.2, 0.25) is 0 Å². The van der Waals surface area contributed by atoms with Gasteiger partial charge in [0.05, 0.1) is 22.6 Å². The number of aryl methyl sites for hydroxylation is 3. The van der Waals surface area contributed by atoms with E-state index < -0.39 is 5.97 Å². The van der Waals surface area contributed by atoms with Crippen LogP contribution in [0.2, 0.25) is 0 Å². The van der Waals surface area contributed by atoms with Crippen LogP contribution in [0.1, 0.15) is 45.2 Å². The molecule has 5 rings (SSSR count). The molecule has 7 heteroatoms.